The fourth-order valence-electron chi connectivity index (χ4n) is 5.55. The van der Waals surface area contributed by atoms with Gasteiger partial charge in [0.15, 0.2) is 0 Å². The maximum Gasteiger partial charge on any atom is 0.00776 e. The molecule has 1 saturated carbocycles. The van der Waals surface area contributed by atoms with Gasteiger partial charge >= 0.3 is 0 Å². The summed E-state index contributed by atoms with van der Waals surface area (Å²) in [5.74, 6) is 0. The zero-order valence-corrected chi connectivity index (χ0v) is 20.1. The van der Waals surface area contributed by atoms with Crippen molar-refractivity contribution in [1.29, 1.82) is 0 Å². The summed E-state index contributed by atoms with van der Waals surface area (Å²) in [4.78, 5) is 0. The van der Waals surface area contributed by atoms with Crippen LogP contribution in [-0.4, -0.2) is 25.2 Å². The quantitative estimate of drug-likeness (QED) is 0.390. The molecule has 2 N–H and O–H groups in total. The highest BCUT2D eigenvalue weighted by Gasteiger charge is 2.40. The molecule has 0 aromatic heterocycles. The highest BCUT2D eigenvalue weighted by molar-refractivity contribution is 5.00. The Kier molecular flexibility index (Phi) is 9.55. The van der Waals surface area contributed by atoms with Crippen LogP contribution in [0.4, 0.5) is 0 Å². The third kappa shape index (κ3) is 9.61. The normalized spacial score (nSPS) is 27.6. The van der Waals surface area contributed by atoms with Gasteiger partial charge in [-0.15, -0.1) is 0 Å². The molecule has 0 spiro atoms. The predicted octanol–water partition coefficient (Wildman–Crippen LogP) is 6.71. The number of hydrogen-bond donors (Lipinski definition) is 2. The van der Waals surface area contributed by atoms with Gasteiger partial charge in [-0.3, -0.25) is 0 Å². The van der Waals surface area contributed by atoms with Crippen molar-refractivity contribution in [3.05, 3.63) is 11.6 Å². The van der Waals surface area contributed by atoms with Crippen molar-refractivity contribution in [2.24, 2.45) is 16.2 Å². The minimum Gasteiger partial charge on any atom is -0.314 e. The molecule has 2 heteroatoms. The summed E-state index contributed by atoms with van der Waals surface area (Å²) in [5, 5.41) is 7.64. The van der Waals surface area contributed by atoms with Crippen molar-refractivity contribution >= 4 is 0 Å². The number of rotatable bonds is 11. The first-order valence-corrected chi connectivity index (χ1v) is 11.5. The molecule has 0 heterocycles. The van der Waals surface area contributed by atoms with Gasteiger partial charge in [-0.05, 0) is 75.2 Å². The highest BCUT2D eigenvalue weighted by Crippen LogP contribution is 2.45. The van der Waals surface area contributed by atoms with Crippen LogP contribution in [0, 0.1) is 16.2 Å². The van der Waals surface area contributed by atoms with E-state index in [4.69, 9.17) is 0 Å². The molecule has 0 bridgehead atoms. The van der Waals surface area contributed by atoms with Crippen LogP contribution in [0.5, 0.6) is 0 Å². The second-order valence-corrected chi connectivity index (χ2v) is 11.5. The highest BCUT2D eigenvalue weighted by atomic mass is 14.9. The summed E-state index contributed by atoms with van der Waals surface area (Å²) in [7, 11) is 0. The van der Waals surface area contributed by atoms with Gasteiger partial charge in [-0.25, -0.2) is 0 Å². The lowest BCUT2D eigenvalue weighted by molar-refractivity contribution is 0.0675. The first-order valence-electron chi connectivity index (χ1n) is 11.5. The summed E-state index contributed by atoms with van der Waals surface area (Å²) < 4.78 is 0. The van der Waals surface area contributed by atoms with Crippen LogP contribution in [-0.2, 0) is 0 Å². The number of nitrogens with one attached hydrogen (secondary N) is 2. The Labute approximate surface area is 171 Å². The van der Waals surface area contributed by atoms with Crippen LogP contribution in [0.25, 0.3) is 0 Å². The van der Waals surface area contributed by atoms with Crippen LogP contribution < -0.4 is 10.6 Å². The van der Waals surface area contributed by atoms with E-state index in [0.29, 0.717) is 28.3 Å². The largest absolute Gasteiger partial charge is 0.314 e. The van der Waals surface area contributed by atoms with E-state index in [9.17, 15) is 0 Å². The Hall–Kier alpha value is -0.340. The number of hydrogen-bond acceptors (Lipinski definition) is 2. The van der Waals surface area contributed by atoms with Crippen molar-refractivity contribution in [1.82, 2.24) is 10.6 Å². The maximum atomic E-state index is 3.91. The molecule has 3 atom stereocenters. The van der Waals surface area contributed by atoms with Crippen molar-refractivity contribution in [2.45, 2.75) is 119 Å². The molecule has 160 valence electrons. The fraction of sp³-hybridized carbons (Fsp3) is 0.920. The lowest BCUT2D eigenvalue weighted by Crippen LogP contribution is -2.49. The van der Waals surface area contributed by atoms with Crippen molar-refractivity contribution in [2.75, 3.05) is 13.1 Å². The van der Waals surface area contributed by atoms with Crippen LogP contribution in [0.3, 0.4) is 0 Å². The monoisotopic (exact) mass is 378 g/mol. The Balaban J connectivity index is 2.56. The third-order valence-corrected chi connectivity index (χ3v) is 6.32. The van der Waals surface area contributed by atoms with E-state index in [2.05, 4.69) is 79.0 Å². The average molecular weight is 379 g/mol. The van der Waals surface area contributed by atoms with E-state index in [-0.39, 0.29) is 0 Å². The Bertz CT molecular complexity index is 463. The molecular formula is C25H50N2. The van der Waals surface area contributed by atoms with Gasteiger partial charge in [-0.1, -0.05) is 66.5 Å². The molecule has 0 amide bonds. The molecule has 27 heavy (non-hydrogen) atoms. The van der Waals surface area contributed by atoms with Gasteiger partial charge in [0.1, 0.15) is 0 Å². The summed E-state index contributed by atoms with van der Waals surface area (Å²) in [6, 6.07) is 1.24. The Morgan fingerprint density at radius 3 is 2.44 bits per heavy atom. The SMILES string of the molecule is CCC/C(C)=C/CC(C)(C)CC(C)NCC1(C)CC(NCC)CC(C)(C)C1. The standard InChI is InChI=1S/C25H50N2/c1-10-12-20(3)13-14-23(5,6)15-21(4)27-19-25(9)17-22(26-11-2)16-24(7,8)18-25/h13,21-22,26-27H,10-12,14-19H2,1-9H3/b20-13+. The molecular weight excluding hydrogens is 328 g/mol. The molecule has 0 saturated heterocycles. The molecule has 0 radical (unpaired) electrons. The lowest BCUT2D eigenvalue weighted by Gasteiger charge is -2.47. The predicted molar refractivity (Wildman–Crippen MR) is 122 cm³/mol. The average Bonchev–Trinajstić information content (AvgIpc) is 2.50. The van der Waals surface area contributed by atoms with Crippen LogP contribution >= 0.6 is 0 Å². The molecule has 0 aromatic carbocycles. The van der Waals surface area contributed by atoms with E-state index in [0.717, 1.165) is 13.1 Å². The van der Waals surface area contributed by atoms with Crippen LogP contribution in [0.2, 0.25) is 0 Å². The van der Waals surface area contributed by atoms with E-state index in [1.54, 1.807) is 5.57 Å². The summed E-state index contributed by atoms with van der Waals surface area (Å²) in [6.07, 6.45) is 11.3. The van der Waals surface area contributed by atoms with E-state index < -0.39 is 0 Å². The van der Waals surface area contributed by atoms with Gasteiger partial charge < -0.3 is 10.6 Å². The minimum absolute atomic E-state index is 0.362. The molecule has 3 unspecified atom stereocenters. The topological polar surface area (TPSA) is 24.1 Å². The third-order valence-electron chi connectivity index (χ3n) is 6.32. The van der Waals surface area contributed by atoms with Crippen molar-refractivity contribution in [3.8, 4) is 0 Å². The lowest BCUT2D eigenvalue weighted by atomic mass is 9.62. The first kappa shape index (κ1) is 24.7. The van der Waals surface area contributed by atoms with Gasteiger partial charge in [0, 0.05) is 18.6 Å². The fourth-order valence-corrected chi connectivity index (χ4v) is 5.55. The molecule has 2 nitrogen and oxygen atoms in total. The maximum absolute atomic E-state index is 3.91. The molecule has 0 aromatic rings. The zero-order valence-electron chi connectivity index (χ0n) is 20.1. The summed E-state index contributed by atoms with van der Waals surface area (Å²) >= 11 is 0. The van der Waals surface area contributed by atoms with Crippen LogP contribution in [0.1, 0.15) is 107 Å². The Morgan fingerprint density at radius 1 is 1.19 bits per heavy atom. The minimum atomic E-state index is 0.362. The second kappa shape index (κ2) is 10.4. The van der Waals surface area contributed by atoms with Crippen molar-refractivity contribution < 1.29 is 0 Å². The molecule has 1 aliphatic rings. The smallest absolute Gasteiger partial charge is 0.00776 e. The Morgan fingerprint density at radius 2 is 1.85 bits per heavy atom. The molecule has 1 fully saturated rings. The zero-order chi connectivity index (χ0) is 20.7. The summed E-state index contributed by atoms with van der Waals surface area (Å²) in [6.45, 7) is 23.6. The van der Waals surface area contributed by atoms with Gasteiger partial charge in [0.2, 0.25) is 0 Å². The van der Waals surface area contributed by atoms with E-state index >= 15 is 0 Å². The van der Waals surface area contributed by atoms with Gasteiger partial charge in [0.05, 0.1) is 0 Å². The van der Waals surface area contributed by atoms with Gasteiger partial charge in [0.25, 0.3) is 0 Å². The molecule has 1 rings (SSSR count). The van der Waals surface area contributed by atoms with Crippen molar-refractivity contribution in [3.63, 3.8) is 0 Å². The van der Waals surface area contributed by atoms with E-state index in [1.807, 2.05) is 0 Å². The van der Waals surface area contributed by atoms with Gasteiger partial charge in [-0.2, -0.15) is 0 Å². The molecule has 1 aliphatic carbocycles. The second-order valence-electron chi connectivity index (χ2n) is 11.5. The summed E-state index contributed by atoms with van der Waals surface area (Å²) in [5.41, 5.74) is 2.74. The number of allylic oxidation sites excluding steroid dienone is 2. The molecule has 0 aliphatic heterocycles. The first-order chi connectivity index (χ1) is 12.4. The van der Waals surface area contributed by atoms with E-state index in [1.165, 1.54) is 44.9 Å². The van der Waals surface area contributed by atoms with Crippen LogP contribution in [0.15, 0.2) is 11.6 Å².